The minimum absolute atomic E-state index is 0.0552. The molecule has 0 spiro atoms. The minimum Gasteiger partial charge on any atom is -0.480 e. The Morgan fingerprint density at radius 2 is 1.40 bits per heavy atom. The molecule has 0 fully saturated rings. The molecule has 0 saturated heterocycles. The largest absolute Gasteiger partial charge is 0.480 e. The van der Waals surface area contributed by atoms with Gasteiger partial charge in [-0.05, 0) is 47.1 Å². The molecule has 0 unspecified atom stereocenters. The molecule has 3 aromatic carbocycles. The van der Waals surface area contributed by atoms with Crippen LogP contribution >= 0.6 is 0 Å². The van der Waals surface area contributed by atoms with E-state index in [0.29, 0.717) is 6.42 Å². The van der Waals surface area contributed by atoms with Crippen molar-refractivity contribution in [3.05, 3.63) is 95.6 Å². The molecule has 0 radical (unpaired) electrons. The Morgan fingerprint density at radius 3 is 1.98 bits per heavy atom. The second kappa shape index (κ2) is 13.3. The van der Waals surface area contributed by atoms with Crippen molar-refractivity contribution in [1.82, 2.24) is 10.6 Å². The SMILES string of the molecule is CC(C)C[C@@H](NC(=O)OCC1c2ccccc2-c2ccccc21)C(=O)N[C@@H](C(=O)O)[C@H](C)OCc1ccccc1. The second-order valence-electron chi connectivity index (χ2n) is 10.5. The van der Waals surface area contributed by atoms with Gasteiger partial charge in [-0.2, -0.15) is 0 Å². The van der Waals surface area contributed by atoms with E-state index in [1.165, 1.54) is 0 Å². The molecular formula is C32H36N2O6. The summed E-state index contributed by atoms with van der Waals surface area (Å²) < 4.78 is 11.4. The maximum absolute atomic E-state index is 13.2. The number of aliphatic carboxylic acids is 1. The Bertz CT molecular complexity index is 1280. The molecule has 3 aromatic rings. The Kier molecular flexibility index (Phi) is 9.56. The fourth-order valence-electron chi connectivity index (χ4n) is 5.02. The summed E-state index contributed by atoms with van der Waals surface area (Å²) in [6.07, 6.45) is -1.24. The molecule has 2 amide bonds. The molecular weight excluding hydrogens is 508 g/mol. The molecule has 210 valence electrons. The molecule has 3 atom stereocenters. The van der Waals surface area contributed by atoms with E-state index in [2.05, 4.69) is 22.8 Å². The standard InChI is InChI=1S/C32H36N2O6/c1-20(2)17-28(30(35)34-29(31(36)37)21(3)39-18-22-11-5-4-6-12-22)33-32(38)40-19-27-25-15-9-7-13-23(25)24-14-8-10-16-26(24)27/h4-16,20-21,27-29H,17-19H2,1-3H3,(H,33,38)(H,34,35)(H,36,37)/t21-,28+,29+/m0/s1. The number of hydrogen-bond donors (Lipinski definition) is 3. The number of carbonyl (C=O) groups excluding carboxylic acids is 2. The van der Waals surface area contributed by atoms with E-state index in [0.717, 1.165) is 27.8 Å². The van der Waals surface area contributed by atoms with E-state index in [1.54, 1.807) is 6.92 Å². The highest BCUT2D eigenvalue weighted by atomic mass is 16.5. The molecule has 8 heteroatoms. The Balaban J connectivity index is 1.38. The smallest absolute Gasteiger partial charge is 0.407 e. The van der Waals surface area contributed by atoms with Gasteiger partial charge < -0.3 is 25.2 Å². The van der Waals surface area contributed by atoms with Gasteiger partial charge in [-0.15, -0.1) is 0 Å². The van der Waals surface area contributed by atoms with Crippen LogP contribution in [0.2, 0.25) is 0 Å². The summed E-state index contributed by atoms with van der Waals surface area (Å²) in [6.45, 7) is 5.74. The lowest BCUT2D eigenvalue weighted by Gasteiger charge is -2.26. The van der Waals surface area contributed by atoms with Crippen LogP contribution in [0.15, 0.2) is 78.9 Å². The van der Waals surface area contributed by atoms with Crippen LogP contribution in [0, 0.1) is 5.92 Å². The topological polar surface area (TPSA) is 114 Å². The molecule has 0 aromatic heterocycles. The van der Waals surface area contributed by atoms with Crippen molar-refractivity contribution in [3.63, 3.8) is 0 Å². The highest BCUT2D eigenvalue weighted by molar-refractivity contribution is 5.89. The normalized spacial score (nSPS) is 14.5. The molecule has 0 aliphatic heterocycles. The van der Waals surface area contributed by atoms with Gasteiger partial charge >= 0.3 is 12.1 Å². The summed E-state index contributed by atoms with van der Waals surface area (Å²) in [5, 5.41) is 15.0. The average molecular weight is 545 g/mol. The lowest BCUT2D eigenvalue weighted by Crippen LogP contribution is -2.55. The molecule has 0 saturated carbocycles. The van der Waals surface area contributed by atoms with E-state index < -0.39 is 36.2 Å². The number of amides is 2. The number of carbonyl (C=O) groups is 3. The molecule has 1 aliphatic carbocycles. The summed E-state index contributed by atoms with van der Waals surface area (Å²) in [5.41, 5.74) is 5.29. The molecule has 0 bridgehead atoms. The monoisotopic (exact) mass is 544 g/mol. The Hall–Kier alpha value is -4.17. The number of carboxylic acids is 1. The summed E-state index contributed by atoms with van der Waals surface area (Å²) in [6, 6.07) is 23.2. The highest BCUT2D eigenvalue weighted by Crippen LogP contribution is 2.44. The van der Waals surface area contributed by atoms with Gasteiger partial charge in [-0.1, -0.05) is 92.7 Å². The first-order chi connectivity index (χ1) is 19.2. The molecule has 8 nitrogen and oxygen atoms in total. The van der Waals surface area contributed by atoms with Crippen LogP contribution in [-0.4, -0.2) is 47.9 Å². The van der Waals surface area contributed by atoms with Crippen LogP contribution in [0.5, 0.6) is 0 Å². The lowest BCUT2D eigenvalue weighted by atomic mass is 9.98. The van der Waals surface area contributed by atoms with Gasteiger partial charge in [0, 0.05) is 5.92 Å². The molecule has 40 heavy (non-hydrogen) atoms. The maximum Gasteiger partial charge on any atom is 0.407 e. The van der Waals surface area contributed by atoms with Gasteiger partial charge in [0.2, 0.25) is 5.91 Å². The van der Waals surface area contributed by atoms with Gasteiger partial charge in [0.1, 0.15) is 12.6 Å². The third kappa shape index (κ3) is 7.07. The number of rotatable bonds is 12. The van der Waals surface area contributed by atoms with Crippen molar-refractivity contribution in [3.8, 4) is 11.1 Å². The van der Waals surface area contributed by atoms with Crippen molar-refractivity contribution in [1.29, 1.82) is 0 Å². The third-order valence-electron chi connectivity index (χ3n) is 7.05. The fourth-order valence-corrected chi connectivity index (χ4v) is 5.02. The van der Waals surface area contributed by atoms with E-state index >= 15 is 0 Å². The summed E-state index contributed by atoms with van der Waals surface area (Å²) >= 11 is 0. The minimum atomic E-state index is -1.30. The molecule has 3 N–H and O–H groups in total. The average Bonchev–Trinajstić information content (AvgIpc) is 3.26. The lowest BCUT2D eigenvalue weighted by molar-refractivity contribution is -0.146. The maximum atomic E-state index is 13.2. The number of benzene rings is 3. The van der Waals surface area contributed by atoms with E-state index in [4.69, 9.17) is 9.47 Å². The van der Waals surface area contributed by atoms with Crippen molar-refractivity contribution in [2.75, 3.05) is 6.61 Å². The number of nitrogens with one attached hydrogen (secondary N) is 2. The van der Waals surface area contributed by atoms with E-state index in [1.807, 2.05) is 80.6 Å². The van der Waals surface area contributed by atoms with Gasteiger partial charge in [0.05, 0.1) is 12.7 Å². The Labute approximate surface area is 234 Å². The fraction of sp³-hybridized carbons (Fsp3) is 0.344. The predicted molar refractivity (Wildman–Crippen MR) is 152 cm³/mol. The Morgan fingerprint density at radius 1 is 0.825 bits per heavy atom. The van der Waals surface area contributed by atoms with Crippen LogP contribution in [-0.2, 0) is 25.7 Å². The van der Waals surface area contributed by atoms with Crippen molar-refractivity contribution < 1.29 is 29.0 Å². The van der Waals surface area contributed by atoms with E-state index in [9.17, 15) is 19.5 Å². The quantitative estimate of drug-likeness (QED) is 0.292. The summed E-state index contributed by atoms with van der Waals surface area (Å²) in [5.74, 6) is -1.89. The van der Waals surface area contributed by atoms with Crippen LogP contribution in [0.1, 0.15) is 49.8 Å². The molecule has 4 rings (SSSR count). The predicted octanol–water partition coefficient (Wildman–Crippen LogP) is 5.11. The van der Waals surface area contributed by atoms with Gasteiger partial charge in [-0.3, -0.25) is 4.79 Å². The van der Waals surface area contributed by atoms with Gasteiger partial charge in [-0.25, -0.2) is 9.59 Å². The summed E-state index contributed by atoms with van der Waals surface area (Å²) in [7, 11) is 0. The zero-order chi connectivity index (χ0) is 28.6. The zero-order valence-electron chi connectivity index (χ0n) is 23.0. The first-order valence-corrected chi connectivity index (χ1v) is 13.5. The first kappa shape index (κ1) is 28.8. The number of hydrogen-bond acceptors (Lipinski definition) is 5. The van der Waals surface area contributed by atoms with E-state index in [-0.39, 0.29) is 25.0 Å². The number of ether oxygens (including phenoxy) is 2. The van der Waals surface area contributed by atoms with Gasteiger partial charge in [0.15, 0.2) is 6.04 Å². The molecule has 1 aliphatic rings. The summed E-state index contributed by atoms with van der Waals surface area (Å²) in [4.78, 5) is 38.1. The second-order valence-corrected chi connectivity index (χ2v) is 10.5. The number of carboxylic acid groups (broad SMARTS) is 1. The van der Waals surface area contributed by atoms with Crippen LogP contribution in [0.25, 0.3) is 11.1 Å². The number of alkyl carbamates (subject to hydrolysis) is 1. The van der Waals surface area contributed by atoms with Crippen molar-refractivity contribution >= 4 is 18.0 Å². The number of fused-ring (bicyclic) bond motifs is 3. The van der Waals surface area contributed by atoms with Crippen LogP contribution in [0.3, 0.4) is 0 Å². The van der Waals surface area contributed by atoms with Crippen LogP contribution < -0.4 is 10.6 Å². The molecule has 0 heterocycles. The van der Waals surface area contributed by atoms with Crippen molar-refractivity contribution in [2.24, 2.45) is 5.92 Å². The van der Waals surface area contributed by atoms with Crippen molar-refractivity contribution in [2.45, 2.75) is 57.9 Å². The zero-order valence-corrected chi connectivity index (χ0v) is 23.0. The van der Waals surface area contributed by atoms with Gasteiger partial charge in [0.25, 0.3) is 0 Å². The first-order valence-electron chi connectivity index (χ1n) is 13.5. The van der Waals surface area contributed by atoms with Crippen LogP contribution in [0.4, 0.5) is 4.79 Å². The third-order valence-corrected chi connectivity index (χ3v) is 7.05. The highest BCUT2D eigenvalue weighted by Gasteiger charge is 2.33.